The number of hydrogen-bond acceptors (Lipinski definition) is 1. The standard InChI is InChI=1S/C31H26O/c1-2-10-22(11-3-1)30-26-15-4-6-17-28(26)31(29-18-7-5-16-27(29)30)24-13-8-12-23(20-24)25-14-9-19-32-21-25/h1-8,10-13,15-18,20,25H,9,14,19,21H2. The van der Waals surface area contributed by atoms with Crippen LogP contribution in [-0.4, -0.2) is 13.2 Å². The van der Waals surface area contributed by atoms with Crippen LogP contribution in [0, 0.1) is 0 Å². The zero-order valence-corrected chi connectivity index (χ0v) is 18.1. The average Bonchev–Trinajstić information content (AvgIpc) is 2.88. The molecule has 0 N–H and O–H groups in total. The van der Waals surface area contributed by atoms with Crippen LogP contribution in [-0.2, 0) is 4.74 Å². The molecule has 1 atom stereocenters. The normalized spacial score (nSPS) is 16.4. The molecule has 0 spiro atoms. The van der Waals surface area contributed by atoms with Crippen LogP contribution in [0.15, 0.2) is 103 Å². The first-order chi connectivity index (χ1) is 15.9. The minimum atomic E-state index is 0.491. The van der Waals surface area contributed by atoms with E-state index in [0.717, 1.165) is 19.6 Å². The lowest BCUT2D eigenvalue weighted by atomic mass is 9.84. The van der Waals surface area contributed by atoms with E-state index in [9.17, 15) is 0 Å². The van der Waals surface area contributed by atoms with Crippen LogP contribution in [0.3, 0.4) is 0 Å². The van der Waals surface area contributed by atoms with Crippen LogP contribution in [0.25, 0.3) is 43.8 Å². The number of benzene rings is 5. The van der Waals surface area contributed by atoms with Crippen LogP contribution in [0.5, 0.6) is 0 Å². The highest BCUT2D eigenvalue weighted by Crippen LogP contribution is 2.44. The predicted molar refractivity (Wildman–Crippen MR) is 135 cm³/mol. The van der Waals surface area contributed by atoms with Gasteiger partial charge in [0.2, 0.25) is 0 Å². The van der Waals surface area contributed by atoms with Gasteiger partial charge in [0.15, 0.2) is 0 Å². The summed E-state index contributed by atoms with van der Waals surface area (Å²) in [6.07, 6.45) is 2.35. The van der Waals surface area contributed by atoms with Gasteiger partial charge in [-0.1, -0.05) is 103 Å². The van der Waals surface area contributed by atoms with Gasteiger partial charge in [-0.25, -0.2) is 0 Å². The summed E-state index contributed by atoms with van der Waals surface area (Å²) in [6, 6.07) is 37.7. The van der Waals surface area contributed by atoms with Crippen molar-refractivity contribution in [3.8, 4) is 22.3 Å². The van der Waals surface area contributed by atoms with E-state index in [1.54, 1.807) is 0 Å². The van der Waals surface area contributed by atoms with Gasteiger partial charge >= 0.3 is 0 Å². The van der Waals surface area contributed by atoms with Crippen molar-refractivity contribution in [1.29, 1.82) is 0 Å². The molecule has 0 aromatic heterocycles. The summed E-state index contributed by atoms with van der Waals surface area (Å²) in [6.45, 7) is 1.73. The molecule has 1 nitrogen and oxygen atoms in total. The van der Waals surface area contributed by atoms with Gasteiger partial charge in [-0.3, -0.25) is 0 Å². The monoisotopic (exact) mass is 414 g/mol. The molecule has 0 radical (unpaired) electrons. The highest BCUT2D eigenvalue weighted by molar-refractivity contribution is 6.21. The van der Waals surface area contributed by atoms with Crippen molar-refractivity contribution in [1.82, 2.24) is 0 Å². The highest BCUT2D eigenvalue weighted by Gasteiger charge is 2.19. The van der Waals surface area contributed by atoms with Crippen molar-refractivity contribution in [2.75, 3.05) is 13.2 Å². The molecule has 1 heteroatoms. The average molecular weight is 415 g/mol. The summed E-state index contributed by atoms with van der Waals surface area (Å²) in [5.74, 6) is 0.491. The van der Waals surface area contributed by atoms with Crippen LogP contribution < -0.4 is 0 Å². The van der Waals surface area contributed by atoms with Crippen molar-refractivity contribution in [3.63, 3.8) is 0 Å². The Kier molecular flexibility index (Phi) is 4.97. The van der Waals surface area contributed by atoms with Gasteiger partial charge in [-0.05, 0) is 62.2 Å². The van der Waals surface area contributed by atoms with Gasteiger partial charge in [-0.15, -0.1) is 0 Å². The molecule has 1 unspecified atom stereocenters. The molecule has 1 aliphatic rings. The van der Waals surface area contributed by atoms with E-state index < -0.39 is 0 Å². The molecule has 0 bridgehead atoms. The molecule has 1 saturated heterocycles. The van der Waals surface area contributed by atoms with Gasteiger partial charge in [0.05, 0.1) is 6.61 Å². The maximum Gasteiger partial charge on any atom is 0.0534 e. The van der Waals surface area contributed by atoms with E-state index in [1.807, 2.05) is 0 Å². The van der Waals surface area contributed by atoms with E-state index in [4.69, 9.17) is 4.74 Å². The molecular formula is C31H26O. The van der Waals surface area contributed by atoms with Crippen molar-refractivity contribution in [2.24, 2.45) is 0 Å². The summed E-state index contributed by atoms with van der Waals surface area (Å²) in [7, 11) is 0. The Bertz CT molecular complexity index is 1340. The number of fused-ring (bicyclic) bond motifs is 2. The largest absolute Gasteiger partial charge is 0.381 e. The molecule has 0 amide bonds. The Hall–Kier alpha value is -3.42. The third kappa shape index (κ3) is 3.30. The van der Waals surface area contributed by atoms with Crippen LogP contribution in [0.4, 0.5) is 0 Å². The van der Waals surface area contributed by atoms with E-state index in [0.29, 0.717) is 5.92 Å². The molecule has 0 saturated carbocycles. The van der Waals surface area contributed by atoms with Gasteiger partial charge in [0.1, 0.15) is 0 Å². The quantitative estimate of drug-likeness (QED) is 0.270. The van der Waals surface area contributed by atoms with Gasteiger partial charge in [0, 0.05) is 12.5 Å². The lowest BCUT2D eigenvalue weighted by Gasteiger charge is -2.23. The maximum atomic E-state index is 5.79. The Balaban J connectivity index is 1.65. The van der Waals surface area contributed by atoms with Gasteiger partial charge < -0.3 is 4.74 Å². The molecule has 0 aliphatic carbocycles. The molecule has 5 aromatic carbocycles. The second kappa shape index (κ2) is 8.26. The molecule has 1 aliphatic heterocycles. The highest BCUT2D eigenvalue weighted by atomic mass is 16.5. The molecule has 1 heterocycles. The van der Waals surface area contributed by atoms with E-state index in [2.05, 4.69) is 103 Å². The minimum Gasteiger partial charge on any atom is -0.381 e. The first kappa shape index (κ1) is 19.3. The molecule has 1 fully saturated rings. The van der Waals surface area contributed by atoms with E-state index in [-0.39, 0.29) is 0 Å². The van der Waals surface area contributed by atoms with Crippen molar-refractivity contribution in [3.05, 3.63) is 109 Å². The summed E-state index contributed by atoms with van der Waals surface area (Å²) < 4.78 is 5.79. The molecule has 156 valence electrons. The Labute approximate surface area is 189 Å². The summed E-state index contributed by atoms with van der Waals surface area (Å²) in [5, 5.41) is 5.22. The Morgan fingerprint density at radius 2 is 1.12 bits per heavy atom. The summed E-state index contributed by atoms with van der Waals surface area (Å²) in [4.78, 5) is 0. The first-order valence-electron chi connectivity index (χ1n) is 11.6. The van der Waals surface area contributed by atoms with E-state index >= 15 is 0 Å². The zero-order valence-electron chi connectivity index (χ0n) is 18.1. The lowest BCUT2D eigenvalue weighted by molar-refractivity contribution is 0.0804. The number of rotatable bonds is 3. The SMILES string of the molecule is c1ccc(-c2c3ccccc3c(-c3cccc(C4CCCOC4)c3)c3ccccc23)cc1. The van der Waals surface area contributed by atoms with Crippen molar-refractivity contribution in [2.45, 2.75) is 18.8 Å². The fourth-order valence-corrected chi connectivity index (χ4v) is 5.31. The maximum absolute atomic E-state index is 5.79. The van der Waals surface area contributed by atoms with Crippen LogP contribution in [0.1, 0.15) is 24.3 Å². The van der Waals surface area contributed by atoms with E-state index in [1.165, 1.54) is 55.8 Å². The smallest absolute Gasteiger partial charge is 0.0534 e. The van der Waals surface area contributed by atoms with Crippen LogP contribution >= 0.6 is 0 Å². The lowest BCUT2D eigenvalue weighted by Crippen LogP contribution is -2.15. The topological polar surface area (TPSA) is 9.23 Å². The molecule has 5 aromatic rings. The summed E-state index contributed by atoms with van der Waals surface area (Å²) >= 11 is 0. The number of ether oxygens (including phenoxy) is 1. The first-order valence-corrected chi connectivity index (χ1v) is 11.6. The fraction of sp³-hybridized carbons (Fsp3) is 0.161. The Morgan fingerprint density at radius 1 is 0.562 bits per heavy atom. The van der Waals surface area contributed by atoms with Crippen molar-refractivity contribution >= 4 is 21.5 Å². The Morgan fingerprint density at radius 3 is 1.72 bits per heavy atom. The molecular weight excluding hydrogens is 388 g/mol. The van der Waals surface area contributed by atoms with Crippen molar-refractivity contribution < 1.29 is 4.74 Å². The molecule has 6 rings (SSSR count). The third-order valence-corrected chi connectivity index (χ3v) is 6.80. The van der Waals surface area contributed by atoms with Gasteiger partial charge in [-0.2, -0.15) is 0 Å². The summed E-state index contributed by atoms with van der Waals surface area (Å²) in [5.41, 5.74) is 6.59. The van der Waals surface area contributed by atoms with Gasteiger partial charge in [0.25, 0.3) is 0 Å². The number of hydrogen-bond donors (Lipinski definition) is 0. The second-order valence-electron chi connectivity index (χ2n) is 8.75. The minimum absolute atomic E-state index is 0.491. The zero-order chi connectivity index (χ0) is 21.3. The second-order valence-corrected chi connectivity index (χ2v) is 8.75. The third-order valence-electron chi connectivity index (χ3n) is 6.80. The predicted octanol–water partition coefficient (Wildman–Crippen LogP) is 8.22. The molecule has 32 heavy (non-hydrogen) atoms. The fourth-order valence-electron chi connectivity index (χ4n) is 5.31. The van der Waals surface area contributed by atoms with Crippen LogP contribution in [0.2, 0.25) is 0 Å².